The van der Waals surface area contributed by atoms with E-state index >= 15 is 0 Å². The summed E-state index contributed by atoms with van der Waals surface area (Å²) in [5.41, 5.74) is 1.40. The third kappa shape index (κ3) is 3.11. The smallest absolute Gasteiger partial charge is 0.185 e. The molecule has 0 aromatic carbocycles. The summed E-state index contributed by atoms with van der Waals surface area (Å²) in [5.74, 6) is 1.64. The van der Waals surface area contributed by atoms with Crippen LogP contribution in [0.4, 0.5) is 5.13 Å². The lowest BCUT2D eigenvalue weighted by atomic mass is 10.0. The molecule has 2 heterocycles. The van der Waals surface area contributed by atoms with Crippen molar-refractivity contribution in [2.75, 3.05) is 25.0 Å². The average Bonchev–Trinajstić information content (AvgIpc) is 3.18. The van der Waals surface area contributed by atoms with E-state index in [0.717, 1.165) is 18.4 Å². The van der Waals surface area contributed by atoms with Crippen molar-refractivity contribution in [1.82, 2.24) is 10.3 Å². The maximum Gasteiger partial charge on any atom is 0.185 e. The summed E-state index contributed by atoms with van der Waals surface area (Å²) < 4.78 is 0. The fraction of sp³-hybridized carbons (Fsp3) is 0.800. The van der Waals surface area contributed by atoms with Gasteiger partial charge in [0.2, 0.25) is 0 Å². The summed E-state index contributed by atoms with van der Waals surface area (Å²) >= 11 is 1.92. The summed E-state index contributed by atoms with van der Waals surface area (Å²) in [6, 6.07) is 0. The molecule has 2 fully saturated rings. The Labute approximate surface area is 120 Å². The van der Waals surface area contributed by atoms with E-state index in [-0.39, 0.29) is 0 Å². The van der Waals surface area contributed by atoms with Crippen molar-refractivity contribution in [3.05, 3.63) is 10.6 Å². The molecule has 1 saturated carbocycles. The van der Waals surface area contributed by atoms with E-state index < -0.39 is 0 Å². The Morgan fingerprint density at radius 1 is 1.26 bits per heavy atom. The molecular formula is C15H25N3S. The molecule has 1 saturated heterocycles. The maximum absolute atomic E-state index is 4.99. The van der Waals surface area contributed by atoms with Crippen molar-refractivity contribution in [2.45, 2.75) is 51.5 Å². The van der Waals surface area contributed by atoms with Crippen LogP contribution in [0.3, 0.4) is 0 Å². The summed E-state index contributed by atoms with van der Waals surface area (Å²) in [6.07, 6.45) is 6.70. The van der Waals surface area contributed by atoms with Gasteiger partial charge in [0, 0.05) is 30.4 Å². The molecule has 1 aromatic rings. The van der Waals surface area contributed by atoms with E-state index in [1.165, 1.54) is 60.9 Å². The lowest BCUT2D eigenvalue weighted by Gasteiger charge is -2.18. The number of hydrogen-bond acceptors (Lipinski definition) is 4. The molecule has 2 aliphatic rings. The zero-order valence-corrected chi connectivity index (χ0v) is 12.9. The van der Waals surface area contributed by atoms with Gasteiger partial charge in [-0.2, -0.15) is 0 Å². The van der Waals surface area contributed by atoms with Crippen LogP contribution in [0.15, 0.2) is 0 Å². The van der Waals surface area contributed by atoms with Crippen LogP contribution in [-0.4, -0.2) is 25.1 Å². The Bertz CT molecular complexity index is 425. The molecule has 0 radical (unpaired) electrons. The number of hydrogen-bond donors (Lipinski definition) is 1. The predicted molar refractivity (Wildman–Crippen MR) is 82.1 cm³/mol. The summed E-state index contributed by atoms with van der Waals surface area (Å²) in [5, 5.41) is 4.57. The third-order valence-corrected chi connectivity index (χ3v) is 5.44. The molecule has 0 spiro atoms. The largest absolute Gasteiger partial charge is 0.348 e. The second-order valence-corrected chi connectivity index (χ2v) is 7.19. The van der Waals surface area contributed by atoms with Crippen LogP contribution in [-0.2, 0) is 6.54 Å². The van der Waals surface area contributed by atoms with Gasteiger partial charge in [0.25, 0.3) is 0 Å². The lowest BCUT2D eigenvalue weighted by Crippen LogP contribution is -2.23. The predicted octanol–water partition coefficient (Wildman–Crippen LogP) is 3.37. The summed E-state index contributed by atoms with van der Waals surface area (Å²) in [6.45, 7) is 5.75. The zero-order chi connectivity index (χ0) is 13.2. The Kier molecular flexibility index (Phi) is 4.08. The fourth-order valence-corrected chi connectivity index (χ4v) is 4.11. The first-order valence-corrected chi connectivity index (χ1v) is 8.48. The van der Waals surface area contributed by atoms with Crippen molar-refractivity contribution in [1.29, 1.82) is 0 Å². The zero-order valence-electron chi connectivity index (χ0n) is 12.1. The van der Waals surface area contributed by atoms with Gasteiger partial charge in [-0.3, -0.25) is 0 Å². The number of nitrogens with one attached hydrogen (secondary N) is 1. The second-order valence-electron chi connectivity index (χ2n) is 6.13. The minimum Gasteiger partial charge on any atom is -0.348 e. The maximum atomic E-state index is 4.99. The van der Waals surface area contributed by atoms with E-state index in [2.05, 4.69) is 17.1 Å². The molecule has 0 amide bonds. The molecule has 4 heteroatoms. The summed E-state index contributed by atoms with van der Waals surface area (Å²) in [4.78, 5) is 8.98. The van der Waals surface area contributed by atoms with Crippen molar-refractivity contribution < 1.29 is 0 Å². The van der Waals surface area contributed by atoms with Crippen molar-refractivity contribution in [2.24, 2.45) is 5.92 Å². The van der Waals surface area contributed by atoms with Gasteiger partial charge >= 0.3 is 0 Å². The standard InChI is InChI=1S/C15H25N3S/c1-11-4-3-8-18(9-7-11)15-17-14(12-5-6-12)13(19-15)10-16-2/h11-12,16H,3-10H2,1-2H3. The highest BCUT2D eigenvalue weighted by atomic mass is 32.1. The lowest BCUT2D eigenvalue weighted by molar-refractivity contribution is 0.521. The molecular weight excluding hydrogens is 254 g/mol. The Morgan fingerprint density at radius 2 is 2.11 bits per heavy atom. The topological polar surface area (TPSA) is 28.2 Å². The van der Waals surface area contributed by atoms with E-state index in [0.29, 0.717) is 0 Å². The van der Waals surface area contributed by atoms with Crippen LogP contribution >= 0.6 is 11.3 Å². The van der Waals surface area contributed by atoms with Crippen LogP contribution in [0.5, 0.6) is 0 Å². The Hall–Kier alpha value is -0.610. The molecule has 1 N–H and O–H groups in total. The van der Waals surface area contributed by atoms with Crippen LogP contribution in [0, 0.1) is 5.92 Å². The van der Waals surface area contributed by atoms with Crippen molar-refractivity contribution in [3.63, 3.8) is 0 Å². The first kappa shape index (κ1) is 13.4. The first-order valence-electron chi connectivity index (χ1n) is 7.67. The van der Waals surface area contributed by atoms with Gasteiger partial charge in [-0.15, -0.1) is 11.3 Å². The number of aromatic nitrogens is 1. The monoisotopic (exact) mass is 279 g/mol. The normalized spacial score (nSPS) is 24.5. The quantitative estimate of drug-likeness (QED) is 0.916. The highest BCUT2D eigenvalue weighted by Crippen LogP contribution is 2.44. The number of nitrogens with zero attached hydrogens (tertiary/aromatic N) is 2. The van der Waals surface area contributed by atoms with Gasteiger partial charge in [-0.25, -0.2) is 4.98 Å². The van der Waals surface area contributed by atoms with Crippen LogP contribution in [0.2, 0.25) is 0 Å². The number of rotatable bonds is 4. The van der Waals surface area contributed by atoms with Gasteiger partial charge < -0.3 is 10.2 Å². The highest BCUT2D eigenvalue weighted by molar-refractivity contribution is 7.15. The molecule has 1 aromatic heterocycles. The molecule has 1 atom stereocenters. The Balaban J connectivity index is 1.77. The van der Waals surface area contributed by atoms with E-state index in [1.807, 2.05) is 18.4 Å². The van der Waals surface area contributed by atoms with E-state index in [4.69, 9.17) is 4.98 Å². The van der Waals surface area contributed by atoms with E-state index in [1.54, 1.807) is 0 Å². The first-order chi connectivity index (χ1) is 9.28. The Morgan fingerprint density at radius 3 is 2.84 bits per heavy atom. The average molecular weight is 279 g/mol. The van der Waals surface area contributed by atoms with Crippen molar-refractivity contribution >= 4 is 16.5 Å². The minimum absolute atomic E-state index is 0.763. The molecule has 106 valence electrons. The molecule has 19 heavy (non-hydrogen) atoms. The van der Waals surface area contributed by atoms with Crippen LogP contribution < -0.4 is 10.2 Å². The van der Waals surface area contributed by atoms with Gasteiger partial charge in [0.15, 0.2) is 5.13 Å². The van der Waals surface area contributed by atoms with Gasteiger partial charge in [0.05, 0.1) is 5.69 Å². The number of thiazole rings is 1. The molecule has 1 aliphatic carbocycles. The molecule has 3 rings (SSSR count). The van der Waals surface area contributed by atoms with Crippen LogP contribution in [0.25, 0.3) is 0 Å². The fourth-order valence-electron chi connectivity index (χ4n) is 2.90. The van der Waals surface area contributed by atoms with Crippen molar-refractivity contribution in [3.8, 4) is 0 Å². The molecule has 0 bridgehead atoms. The van der Waals surface area contributed by atoms with Gasteiger partial charge in [0.1, 0.15) is 0 Å². The van der Waals surface area contributed by atoms with Gasteiger partial charge in [-0.05, 0) is 45.1 Å². The summed E-state index contributed by atoms with van der Waals surface area (Å²) in [7, 11) is 2.03. The number of anilines is 1. The minimum atomic E-state index is 0.763. The van der Waals surface area contributed by atoms with E-state index in [9.17, 15) is 0 Å². The third-order valence-electron chi connectivity index (χ3n) is 4.30. The molecule has 3 nitrogen and oxygen atoms in total. The highest BCUT2D eigenvalue weighted by Gasteiger charge is 2.30. The van der Waals surface area contributed by atoms with Crippen LogP contribution in [0.1, 0.15) is 55.5 Å². The molecule has 1 unspecified atom stereocenters. The molecule has 1 aliphatic heterocycles. The van der Waals surface area contributed by atoms with Gasteiger partial charge in [-0.1, -0.05) is 6.92 Å². The SMILES string of the molecule is CNCc1sc(N2CCCC(C)CC2)nc1C1CC1. The second kappa shape index (κ2) is 5.80.